The summed E-state index contributed by atoms with van der Waals surface area (Å²) in [5.41, 5.74) is 3.31. The molecule has 0 aromatic carbocycles. The average molecular weight is 405 g/mol. The van der Waals surface area contributed by atoms with Crippen LogP contribution in [0.3, 0.4) is 0 Å². The number of methoxy groups -OCH3 is 2. The summed E-state index contributed by atoms with van der Waals surface area (Å²) in [6.07, 6.45) is 7.74. The van der Waals surface area contributed by atoms with Crippen LogP contribution in [-0.2, 0) is 34.2 Å². The van der Waals surface area contributed by atoms with Crippen LogP contribution in [0.1, 0.15) is 36.3 Å². The highest BCUT2D eigenvalue weighted by atomic mass is 32.1. The van der Waals surface area contributed by atoms with E-state index >= 15 is 0 Å². The van der Waals surface area contributed by atoms with Gasteiger partial charge in [0.2, 0.25) is 5.91 Å². The number of fused-ring (bicyclic) bond motifs is 3. The van der Waals surface area contributed by atoms with Gasteiger partial charge in [-0.1, -0.05) is 6.42 Å². The maximum atomic E-state index is 13.4. The van der Waals surface area contributed by atoms with Crippen LogP contribution in [0.25, 0.3) is 11.3 Å². The van der Waals surface area contributed by atoms with Crippen molar-refractivity contribution in [3.63, 3.8) is 0 Å². The van der Waals surface area contributed by atoms with Crippen molar-refractivity contribution in [3.8, 4) is 11.3 Å². The van der Waals surface area contributed by atoms with Crippen LogP contribution in [0, 0.1) is 5.92 Å². The maximum absolute atomic E-state index is 13.4. The first-order valence-electron chi connectivity index (χ1n) is 9.96. The summed E-state index contributed by atoms with van der Waals surface area (Å²) >= 11 is 1.64. The van der Waals surface area contributed by atoms with Gasteiger partial charge in [0, 0.05) is 43.3 Å². The third-order valence-corrected chi connectivity index (χ3v) is 7.05. The van der Waals surface area contributed by atoms with Crippen molar-refractivity contribution in [2.45, 2.75) is 44.6 Å². The number of aromatic nitrogens is 3. The van der Waals surface area contributed by atoms with Crippen LogP contribution < -0.4 is 4.90 Å². The third kappa shape index (κ3) is 3.60. The van der Waals surface area contributed by atoms with E-state index in [1.807, 2.05) is 22.8 Å². The van der Waals surface area contributed by atoms with E-state index in [0.717, 1.165) is 54.9 Å². The largest absolute Gasteiger partial charge is 0.383 e. The van der Waals surface area contributed by atoms with Gasteiger partial charge in [0.05, 0.1) is 31.1 Å². The minimum atomic E-state index is -0.00885. The van der Waals surface area contributed by atoms with Gasteiger partial charge in [-0.3, -0.25) is 14.4 Å². The van der Waals surface area contributed by atoms with Crippen LogP contribution in [0.5, 0.6) is 0 Å². The molecule has 1 fully saturated rings. The van der Waals surface area contributed by atoms with Crippen LogP contribution in [-0.4, -0.2) is 54.1 Å². The normalized spacial score (nSPS) is 21.2. The molecule has 2 atom stereocenters. The molecule has 8 heteroatoms. The summed E-state index contributed by atoms with van der Waals surface area (Å²) in [6.45, 7) is 1.02. The van der Waals surface area contributed by atoms with E-state index in [2.05, 4.69) is 5.10 Å². The number of ether oxygens (including phenoxy) is 2. The van der Waals surface area contributed by atoms with Crippen molar-refractivity contribution in [2.75, 3.05) is 32.3 Å². The summed E-state index contributed by atoms with van der Waals surface area (Å²) < 4.78 is 12.7. The molecule has 28 heavy (non-hydrogen) atoms. The predicted molar refractivity (Wildman–Crippen MR) is 109 cm³/mol. The minimum absolute atomic E-state index is 0.00885. The molecule has 0 aliphatic heterocycles. The Balaban J connectivity index is 1.62. The third-order valence-electron chi connectivity index (χ3n) is 5.92. The Bertz CT molecular complexity index is 847. The molecule has 2 heterocycles. The zero-order valence-electron chi connectivity index (χ0n) is 16.8. The molecule has 0 bridgehead atoms. The van der Waals surface area contributed by atoms with E-state index in [9.17, 15) is 4.79 Å². The molecule has 2 aromatic rings. The van der Waals surface area contributed by atoms with Gasteiger partial charge in [0.15, 0.2) is 5.13 Å². The fraction of sp³-hybridized carbons (Fsp3) is 0.650. The van der Waals surface area contributed by atoms with Crippen molar-refractivity contribution in [1.29, 1.82) is 0 Å². The van der Waals surface area contributed by atoms with E-state index < -0.39 is 0 Å². The Labute approximate surface area is 169 Å². The topological polar surface area (TPSA) is 69.5 Å². The zero-order chi connectivity index (χ0) is 19.7. The first-order valence-corrected chi connectivity index (χ1v) is 10.8. The second kappa shape index (κ2) is 8.31. The summed E-state index contributed by atoms with van der Waals surface area (Å²) in [4.78, 5) is 21.4. The lowest BCUT2D eigenvalue weighted by atomic mass is 9.86. The number of hydrogen-bond donors (Lipinski definition) is 0. The summed E-state index contributed by atoms with van der Waals surface area (Å²) in [6, 6.07) is 0. The van der Waals surface area contributed by atoms with Crippen LogP contribution in [0.4, 0.5) is 5.13 Å². The lowest BCUT2D eigenvalue weighted by Gasteiger charge is -2.31. The van der Waals surface area contributed by atoms with Crippen LogP contribution in [0.2, 0.25) is 0 Å². The second-order valence-corrected chi connectivity index (χ2v) is 8.66. The van der Waals surface area contributed by atoms with Gasteiger partial charge in [-0.2, -0.15) is 5.10 Å². The van der Waals surface area contributed by atoms with Crippen LogP contribution in [0.15, 0.2) is 6.20 Å². The van der Waals surface area contributed by atoms with E-state index in [4.69, 9.17) is 14.5 Å². The van der Waals surface area contributed by atoms with Gasteiger partial charge in [-0.05, 0) is 32.1 Å². The van der Waals surface area contributed by atoms with Gasteiger partial charge in [-0.15, -0.1) is 11.3 Å². The van der Waals surface area contributed by atoms with Gasteiger partial charge in [-0.25, -0.2) is 4.98 Å². The van der Waals surface area contributed by atoms with Gasteiger partial charge < -0.3 is 9.47 Å². The molecule has 4 rings (SSSR count). The Morgan fingerprint density at radius 1 is 1.36 bits per heavy atom. The van der Waals surface area contributed by atoms with Gasteiger partial charge >= 0.3 is 0 Å². The summed E-state index contributed by atoms with van der Waals surface area (Å²) in [7, 11) is 5.38. The molecule has 2 aromatic heterocycles. The highest BCUT2D eigenvalue weighted by Crippen LogP contribution is 2.40. The Morgan fingerprint density at radius 2 is 2.21 bits per heavy atom. The first kappa shape index (κ1) is 19.5. The molecule has 7 nitrogen and oxygen atoms in total. The molecule has 0 radical (unpaired) electrons. The number of carbonyl (C=O) groups is 1. The smallest absolute Gasteiger partial charge is 0.232 e. The van der Waals surface area contributed by atoms with E-state index in [1.54, 1.807) is 25.6 Å². The number of carbonyl (C=O) groups excluding carboxylic acids is 1. The number of aryl methyl sites for hydroxylation is 2. The second-order valence-electron chi connectivity index (χ2n) is 7.60. The van der Waals surface area contributed by atoms with Crippen molar-refractivity contribution in [1.82, 2.24) is 14.8 Å². The summed E-state index contributed by atoms with van der Waals surface area (Å²) in [5.74, 6) is 0.141. The zero-order valence-corrected chi connectivity index (χ0v) is 17.6. The molecule has 1 saturated carbocycles. The average Bonchev–Trinajstić information content (AvgIpc) is 3.31. The molecule has 0 spiro atoms. The van der Waals surface area contributed by atoms with Crippen LogP contribution >= 0.6 is 11.3 Å². The Hall–Kier alpha value is -1.77. The fourth-order valence-corrected chi connectivity index (χ4v) is 5.42. The van der Waals surface area contributed by atoms with Gasteiger partial charge in [0.1, 0.15) is 0 Å². The highest BCUT2D eigenvalue weighted by molar-refractivity contribution is 7.16. The highest BCUT2D eigenvalue weighted by Gasteiger charge is 2.33. The predicted octanol–water partition coefficient (Wildman–Crippen LogP) is 2.83. The van der Waals surface area contributed by atoms with E-state index in [-0.39, 0.29) is 17.9 Å². The number of hydrogen-bond acceptors (Lipinski definition) is 6. The van der Waals surface area contributed by atoms with Gasteiger partial charge in [0.25, 0.3) is 0 Å². The molecule has 2 aliphatic carbocycles. The fourth-order valence-electron chi connectivity index (χ4n) is 4.31. The Morgan fingerprint density at radius 3 is 3.00 bits per heavy atom. The molecule has 0 unspecified atom stereocenters. The number of anilines is 1. The van der Waals surface area contributed by atoms with E-state index in [1.165, 1.54) is 10.6 Å². The SMILES string of the molecule is COCCN(C(=O)[C@H]1CCC[C@H](OC)C1)c1nc2c(s1)CCc1c-2cnn1C. The molecule has 0 N–H and O–H groups in total. The number of rotatable bonds is 6. The van der Waals surface area contributed by atoms with E-state index in [0.29, 0.717) is 13.2 Å². The quantitative estimate of drug-likeness (QED) is 0.740. The number of thiazole rings is 1. The Kier molecular flexibility index (Phi) is 5.80. The van der Waals surface area contributed by atoms with Crippen molar-refractivity contribution in [2.24, 2.45) is 13.0 Å². The molecule has 152 valence electrons. The maximum Gasteiger partial charge on any atom is 0.232 e. The van der Waals surface area contributed by atoms with Crippen molar-refractivity contribution in [3.05, 3.63) is 16.8 Å². The first-order chi connectivity index (χ1) is 13.6. The molecular formula is C20H28N4O3S. The number of amides is 1. The molecular weight excluding hydrogens is 376 g/mol. The van der Waals surface area contributed by atoms with Crippen molar-refractivity contribution < 1.29 is 14.3 Å². The van der Waals surface area contributed by atoms with Crippen molar-refractivity contribution >= 4 is 22.4 Å². The lowest BCUT2D eigenvalue weighted by Crippen LogP contribution is -2.41. The number of nitrogens with zero attached hydrogens (tertiary/aromatic N) is 4. The molecule has 2 aliphatic rings. The summed E-state index contributed by atoms with van der Waals surface area (Å²) in [5, 5.41) is 5.17. The lowest BCUT2D eigenvalue weighted by molar-refractivity contribution is -0.125. The molecule has 1 amide bonds. The standard InChI is InChI=1S/C20H28N4O3S/c1-23-16-7-8-17-18(15(16)12-21-23)22-20(28-17)24(9-10-26-2)19(25)13-5-4-6-14(11-13)27-3/h12-14H,4-11H2,1-3H3/t13-,14-/m0/s1. The monoisotopic (exact) mass is 404 g/mol. The molecule has 0 saturated heterocycles. The minimum Gasteiger partial charge on any atom is -0.383 e.